The van der Waals surface area contributed by atoms with Crippen LogP contribution in [0, 0.1) is 20.8 Å². The quantitative estimate of drug-likeness (QED) is 0.339. The van der Waals surface area contributed by atoms with E-state index in [0.29, 0.717) is 12.4 Å². The molecule has 1 aliphatic heterocycles. The Morgan fingerprint density at radius 2 is 1.93 bits per heavy atom. The van der Waals surface area contributed by atoms with Crippen molar-refractivity contribution in [3.63, 3.8) is 0 Å². The number of hydrogen-bond acceptors (Lipinski definition) is 5. The topological polar surface area (TPSA) is 80.9 Å². The molecule has 7 nitrogen and oxygen atoms in total. The van der Waals surface area contributed by atoms with Crippen LogP contribution in [0.1, 0.15) is 41.3 Å². The van der Waals surface area contributed by atoms with Crippen molar-refractivity contribution in [3.8, 4) is 5.75 Å². The SMILES string of the molecule is CN=C(NCc1nc(C)c(C)o1)NCC1(c2cc(C)ccc2OC)CCOCC1.I. The van der Waals surface area contributed by atoms with Crippen molar-refractivity contribution in [2.45, 2.75) is 45.6 Å². The number of guanidine groups is 1. The van der Waals surface area contributed by atoms with E-state index in [9.17, 15) is 0 Å². The molecule has 1 aromatic heterocycles. The van der Waals surface area contributed by atoms with Crippen molar-refractivity contribution in [3.05, 3.63) is 46.7 Å². The van der Waals surface area contributed by atoms with Crippen LogP contribution >= 0.6 is 24.0 Å². The molecular formula is C22H33IN4O3. The Labute approximate surface area is 196 Å². The number of aryl methyl sites for hydroxylation is 3. The number of aliphatic imine (C=N–C) groups is 1. The van der Waals surface area contributed by atoms with Gasteiger partial charge in [-0.15, -0.1) is 24.0 Å². The minimum absolute atomic E-state index is 0. The molecule has 1 aliphatic rings. The molecule has 1 saturated heterocycles. The van der Waals surface area contributed by atoms with E-state index in [1.165, 1.54) is 11.1 Å². The highest BCUT2D eigenvalue weighted by atomic mass is 127. The molecule has 1 aromatic carbocycles. The summed E-state index contributed by atoms with van der Waals surface area (Å²) in [5.74, 6) is 3.14. The van der Waals surface area contributed by atoms with Crippen LogP contribution in [-0.2, 0) is 16.7 Å². The molecule has 0 amide bonds. The lowest BCUT2D eigenvalue weighted by Gasteiger charge is -2.39. The van der Waals surface area contributed by atoms with E-state index in [4.69, 9.17) is 13.9 Å². The fourth-order valence-electron chi connectivity index (χ4n) is 3.79. The first-order chi connectivity index (χ1) is 14.0. The summed E-state index contributed by atoms with van der Waals surface area (Å²) in [5.41, 5.74) is 3.29. The number of benzene rings is 1. The van der Waals surface area contributed by atoms with Gasteiger partial charge in [-0.05, 0) is 39.7 Å². The average molecular weight is 528 g/mol. The van der Waals surface area contributed by atoms with Gasteiger partial charge in [0.05, 0.1) is 19.3 Å². The molecule has 0 aliphatic carbocycles. The zero-order valence-corrected chi connectivity index (χ0v) is 20.8. The second-order valence-corrected chi connectivity index (χ2v) is 7.62. The molecule has 3 rings (SSSR count). The lowest BCUT2D eigenvalue weighted by molar-refractivity contribution is 0.0505. The average Bonchev–Trinajstić information content (AvgIpc) is 3.06. The molecule has 2 N–H and O–H groups in total. The second-order valence-electron chi connectivity index (χ2n) is 7.62. The standard InChI is InChI=1S/C22H32N4O3.HI/c1-15-6-7-19(27-5)18(12-15)22(8-10-28-11-9-22)14-25-21(23-4)24-13-20-26-16(2)17(3)29-20;/h6-7,12H,8-11,13-14H2,1-5H3,(H2,23,24,25);1H. The maximum Gasteiger partial charge on any atom is 0.214 e. The molecule has 0 radical (unpaired) electrons. The number of ether oxygens (including phenoxy) is 2. The lowest BCUT2D eigenvalue weighted by Crippen LogP contribution is -2.48. The normalized spacial score (nSPS) is 16.0. The third kappa shape index (κ3) is 5.66. The van der Waals surface area contributed by atoms with Crippen LogP contribution in [0.25, 0.3) is 0 Å². The number of oxazole rings is 1. The number of hydrogen-bond donors (Lipinski definition) is 2. The Bertz CT molecular complexity index is 841. The van der Waals surface area contributed by atoms with Gasteiger partial charge < -0.3 is 24.5 Å². The predicted octanol–water partition coefficient (Wildman–Crippen LogP) is 3.64. The van der Waals surface area contributed by atoms with Gasteiger partial charge in [0.15, 0.2) is 5.96 Å². The van der Waals surface area contributed by atoms with Gasteiger partial charge in [-0.1, -0.05) is 17.7 Å². The first kappa shape index (κ1) is 24.5. The first-order valence-corrected chi connectivity index (χ1v) is 10.1. The number of rotatable bonds is 6. The van der Waals surface area contributed by atoms with Crippen LogP contribution < -0.4 is 15.4 Å². The summed E-state index contributed by atoms with van der Waals surface area (Å²) in [5, 5.41) is 6.79. The second kappa shape index (κ2) is 11.0. The van der Waals surface area contributed by atoms with Gasteiger partial charge in [0, 0.05) is 37.8 Å². The van der Waals surface area contributed by atoms with Crippen molar-refractivity contribution in [2.24, 2.45) is 4.99 Å². The number of aromatic nitrogens is 1. The number of nitrogens with zero attached hydrogens (tertiary/aromatic N) is 2. The van der Waals surface area contributed by atoms with Gasteiger partial charge in [0.25, 0.3) is 0 Å². The van der Waals surface area contributed by atoms with Gasteiger partial charge in [-0.3, -0.25) is 4.99 Å². The molecule has 0 spiro atoms. The minimum atomic E-state index is -0.0800. The summed E-state index contributed by atoms with van der Waals surface area (Å²) < 4.78 is 17.0. The smallest absolute Gasteiger partial charge is 0.214 e. The van der Waals surface area contributed by atoms with E-state index >= 15 is 0 Å². The maximum atomic E-state index is 5.70. The molecule has 1 fully saturated rings. The summed E-state index contributed by atoms with van der Waals surface area (Å²) >= 11 is 0. The summed E-state index contributed by atoms with van der Waals surface area (Å²) in [6.07, 6.45) is 1.85. The molecular weight excluding hydrogens is 495 g/mol. The molecule has 2 heterocycles. The van der Waals surface area contributed by atoms with Crippen molar-refractivity contribution in [1.29, 1.82) is 0 Å². The molecule has 8 heteroatoms. The largest absolute Gasteiger partial charge is 0.496 e. The summed E-state index contributed by atoms with van der Waals surface area (Å²) in [6.45, 7) is 8.67. The van der Waals surface area contributed by atoms with Crippen LogP contribution in [0.4, 0.5) is 0 Å². The molecule has 166 valence electrons. The van der Waals surface area contributed by atoms with Gasteiger partial charge in [-0.2, -0.15) is 0 Å². The monoisotopic (exact) mass is 528 g/mol. The van der Waals surface area contributed by atoms with Gasteiger partial charge in [0.2, 0.25) is 5.89 Å². The van der Waals surface area contributed by atoms with E-state index in [0.717, 1.165) is 55.8 Å². The Morgan fingerprint density at radius 3 is 2.53 bits per heavy atom. The molecule has 0 unspecified atom stereocenters. The zero-order valence-electron chi connectivity index (χ0n) is 18.5. The van der Waals surface area contributed by atoms with Gasteiger partial charge in [-0.25, -0.2) is 4.98 Å². The highest BCUT2D eigenvalue weighted by Gasteiger charge is 2.37. The van der Waals surface area contributed by atoms with E-state index < -0.39 is 0 Å². The lowest BCUT2D eigenvalue weighted by atomic mass is 9.73. The third-order valence-electron chi connectivity index (χ3n) is 5.67. The van der Waals surface area contributed by atoms with E-state index in [-0.39, 0.29) is 29.4 Å². The van der Waals surface area contributed by atoms with Crippen molar-refractivity contribution in [2.75, 3.05) is 33.9 Å². The Kier molecular flexibility index (Phi) is 8.96. The number of nitrogens with one attached hydrogen (secondary N) is 2. The Hall–Kier alpha value is -1.81. The van der Waals surface area contributed by atoms with Gasteiger partial charge >= 0.3 is 0 Å². The molecule has 2 aromatic rings. The molecule has 0 atom stereocenters. The minimum Gasteiger partial charge on any atom is -0.496 e. The van der Waals surface area contributed by atoms with Crippen molar-refractivity contribution >= 4 is 29.9 Å². The van der Waals surface area contributed by atoms with Crippen molar-refractivity contribution < 1.29 is 13.9 Å². The first-order valence-electron chi connectivity index (χ1n) is 10.1. The molecule has 0 bridgehead atoms. The zero-order chi connectivity index (χ0) is 20.9. The molecule has 0 saturated carbocycles. The van der Waals surface area contributed by atoms with Crippen LogP contribution in [0.3, 0.4) is 0 Å². The predicted molar refractivity (Wildman–Crippen MR) is 129 cm³/mol. The fourth-order valence-corrected chi connectivity index (χ4v) is 3.79. The summed E-state index contributed by atoms with van der Waals surface area (Å²) in [6, 6.07) is 6.38. The molecule has 30 heavy (non-hydrogen) atoms. The Balaban J connectivity index is 0.00000320. The number of methoxy groups -OCH3 is 1. The van der Waals surface area contributed by atoms with E-state index in [1.807, 2.05) is 13.8 Å². The maximum absolute atomic E-state index is 5.70. The fraction of sp³-hybridized carbons (Fsp3) is 0.545. The third-order valence-corrected chi connectivity index (χ3v) is 5.67. The Morgan fingerprint density at radius 1 is 1.20 bits per heavy atom. The van der Waals surface area contributed by atoms with Crippen LogP contribution in [0.2, 0.25) is 0 Å². The van der Waals surface area contributed by atoms with Crippen LogP contribution in [0.5, 0.6) is 5.75 Å². The summed E-state index contributed by atoms with van der Waals surface area (Å²) in [4.78, 5) is 8.78. The van der Waals surface area contributed by atoms with Crippen LogP contribution in [-0.4, -0.2) is 44.9 Å². The number of halogens is 1. The van der Waals surface area contributed by atoms with Crippen LogP contribution in [0.15, 0.2) is 27.6 Å². The highest BCUT2D eigenvalue weighted by Crippen LogP contribution is 2.40. The summed E-state index contributed by atoms with van der Waals surface area (Å²) in [7, 11) is 3.50. The van der Waals surface area contributed by atoms with E-state index in [2.05, 4.69) is 45.7 Å². The van der Waals surface area contributed by atoms with Gasteiger partial charge in [0.1, 0.15) is 11.5 Å². The highest BCUT2D eigenvalue weighted by molar-refractivity contribution is 14.0. The van der Waals surface area contributed by atoms with E-state index in [1.54, 1.807) is 14.2 Å². The van der Waals surface area contributed by atoms with Crippen molar-refractivity contribution in [1.82, 2.24) is 15.6 Å².